The topological polar surface area (TPSA) is 65.8 Å². The van der Waals surface area contributed by atoms with Crippen LogP contribution in [0.2, 0.25) is 10.0 Å². The molecule has 3 heterocycles. The number of halogens is 2. The molecule has 0 bridgehead atoms. The highest BCUT2D eigenvalue weighted by atomic mass is 35.5. The van der Waals surface area contributed by atoms with E-state index < -0.39 is 5.79 Å². The molecule has 5 rings (SSSR count). The van der Waals surface area contributed by atoms with E-state index in [9.17, 15) is 4.79 Å². The highest BCUT2D eigenvalue weighted by Crippen LogP contribution is 2.40. The van der Waals surface area contributed by atoms with Crippen molar-refractivity contribution in [1.29, 1.82) is 0 Å². The number of ether oxygens (including phenoxy) is 3. The predicted molar refractivity (Wildman–Crippen MR) is 137 cm³/mol. The summed E-state index contributed by atoms with van der Waals surface area (Å²) in [5.41, 5.74) is 1.99. The molecule has 9 heteroatoms. The van der Waals surface area contributed by atoms with Gasteiger partial charge >= 0.3 is 0 Å². The Labute approximate surface area is 220 Å². The van der Waals surface area contributed by atoms with Crippen molar-refractivity contribution in [3.05, 3.63) is 82.4 Å². The van der Waals surface area contributed by atoms with Crippen molar-refractivity contribution in [3.63, 3.8) is 0 Å². The van der Waals surface area contributed by atoms with E-state index >= 15 is 0 Å². The zero-order chi connectivity index (χ0) is 25.1. The van der Waals surface area contributed by atoms with Crippen LogP contribution in [-0.4, -0.2) is 52.8 Å². The lowest BCUT2D eigenvalue weighted by molar-refractivity contribution is -0.189. The summed E-state index contributed by atoms with van der Waals surface area (Å²) in [6, 6.07) is 13.5. The third-order valence-corrected chi connectivity index (χ3v) is 7.43. The molecule has 2 unspecified atom stereocenters. The number of amides is 1. The van der Waals surface area contributed by atoms with E-state index in [1.165, 1.54) is 5.56 Å². The largest absolute Gasteiger partial charge is 0.491 e. The van der Waals surface area contributed by atoms with Crippen molar-refractivity contribution in [2.24, 2.45) is 0 Å². The Morgan fingerprint density at radius 2 is 1.94 bits per heavy atom. The first-order chi connectivity index (χ1) is 17.4. The first-order valence-electron chi connectivity index (χ1n) is 12.1. The zero-order valence-electron chi connectivity index (χ0n) is 20.1. The number of rotatable bonds is 7. The molecule has 2 aliphatic rings. The molecule has 0 saturated carbocycles. The molecular weight excluding hydrogens is 501 g/mol. The molecule has 36 heavy (non-hydrogen) atoms. The number of benzene rings is 2. The third kappa shape index (κ3) is 5.54. The lowest BCUT2D eigenvalue weighted by Gasteiger charge is -2.31. The van der Waals surface area contributed by atoms with Gasteiger partial charge in [-0.05, 0) is 48.6 Å². The second-order valence-corrected chi connectivity index (χ2v) is 10.2. The van der Waals surface area contributed by atoms with Crippen molar-refractivity contribution in [1.82, 2.24) is 14.5 Å². The maximum atomic E-state index is 11.6. The number of carbonyl (C=O) groups excluding carboxylic acids is 1. The molecule has 2 saturated heterocycles. The molecule has 1 amide bonds. The van der Waals surface area contributed by atoms with Gasteiger partial charge in [-0.1, -0.05) is 41.4 Å². The van der Waals surface area contributed by atoms with Gasteiger partial charge in [0.15, 0.2) is 0 Å². The Morgan fingerprint density at radius 1 is 1.17 bits per heavy atom. The Morgan fingerprint density at radius 3 is 2.61 bits per heavy atom. The number of hydrogen-bond acceptors (Lipinski definition) is 5. The van der Waals surface area contributed by atoms with Crippen molar-refractivity contribution in [2.45, 2.75) is 44.1 Å². The van der Waals surface area contributed by atoms with Crippen molar-refractivity contribution < 1.29 is 19.0 Å². The average Bonchev–Trinajstić information content (AvgIpc) is 3.54. The van der Waals surface area contributed by atoms with Gasteiger partial charge in [0.25, 0.3) is 0 Å². The molecule has 7 nitrogen and oxygen atoms in total. The molecule has 190 valence electrons. The molecule has 0 aliphatic carbocycles. The number of nitrogens with zero attached hydrogens (tertiary/aromatic N) is 3. The van der Waals surface area contributed by atoms with E-state index in [0.717, 1.165) is 31.7 Å². The van der Waals surface area contributed by atoms with Crippen LogP contribution in [0.4, 0.5) is 0 Å². The Hall–Kier alpha value is -2.58. The summed E-state index contributed by atoms with van der Waals surface area (Å²) in [4.78, 5) is 17.6. The fraction of sp³-hybridized carbons (Fsp3) is 0.407. The normalized spacial score (nSPS) is 22.6. The van der Waals surface area contributed by atoms with Crippen LogP contribution in [0.15, 0.2) is 61.2 Å². The molecular formula is C27H29Cl2N3O4. The Kier molecular flexibility index (Phi) is 7.53. The fourth-order valence-electron chi connectivity index (χ4n) is 4.93. The number of likely N-dealkylation sites (tertiary alicyclic amines) is 1. The van der Waals surface area contributed by atoms with Crippen LogP contribution in [0.3, 0.4) is 0 Å². The van der Waals surface area contributed by atoms with Gasteiger partial charge < -0.3 is 23.7 Å². The van der Waals surface area contributed by atoms with E-state index in [-0.39, 0.29) is 12.0 Å². The molecule has 0 spiro atoms. The minimum atomic E-state index is -1.07. The lowest BCUT2D eigenvalue weighted by atomic mass is 9.89. The molecule has 2 atom stereocenters. The van der Waals surface area contributed by atoms with Gasteiger partial charge in [-0.15, -0.1) is 0 Å². The monoisotopic (exact) mass is 529 g/mol. The van der Waals surface area contributed by atoms with Crippen LogP contribution in [0.1, 0.15) is 36.8 Å². The molecule has 0 radical (unpaired) electrons. The highest BCUT2D eigenvalue weighted by Gasteiger charge is 2.45. The minimum absolute atomic E-state index is 0.155. The van der Waals surface area contributed by atoms with E-state index in [1.54, 1.807) is 31.6 Å². The summed E-state index contributed by atoms with van der Waals surface area (Å²) in [5, 5.41) is 1.03. The van der Waals surface area contributed by atoms with Gasteiger partial charge in [0.2, 0.25) is 11.7 Å². The van der Waals surface area contributed by atoms with Crippen LogP contribution >= 0.6 is 23.2 Å². The van der Waals surface area contributed by atoms with Gasteiger partial charge in [-0.3, -0.25) is 4.79 Å². The maximum Gasteiger partial charge on any atom is 0.219 e. The Balaban J connectivity index is 1.22. The number of piperidine rings is 1. The minimum Gasteiger partial charge on any atom is -0.491 e. The van der Waals surface area contributed by atoms with Crippen LogP contribution in [0.25, 0.3) is 0 Å². The first kappa shape index (κ1) is 25.1. The number of imidazole rings is 1. The Bertz CT molecular complexity index is 1180. The molecule has 1 aromatic heterocycles. The highest BCUT2D eigenvalue weighted by molar-refractivity contribution is 6.35. The summed E-state index contributed by atoms with van der Waals surface area (Å²) in [7, 11) is 0. The molecule has 3 aromatic rings. The number of carbonyl (C=O) groups is 1. The van der Waals surface area contributed by atoms with E-state index in [4.69, 9.17) is 37.4 Å². The van der Waals surface area contributed by atoms with Crippen molar-refractivity contribution >= 4 is 29.1 Å². The van der Waals surface area contributed by atoms with Crippen LogP contribution in [-0.2, 0) is 26.6 Å². The first-order valence-corrected chi connectivity index (χ1v) is 12.9. The average molecular weight is 530 g/mol. The quantitative estimate of drug-likeness (QED) is 0.417. The van der Waals surface area contributed by atoms with Gasteiger partial charge in [0, 0.05) is 43.0 Å². The zero-order valence-corrected chi connectivity index (χ0v) is 21.6. The maximum absolute atomic E-state index is 11.6. The van der Waals surface area contributed by atoms with Gasteiger partial charge in [0.1, 0.15) is 18.5 Å². The summed E-state index contributed by atoms with van der Waals surface area (Å²) < 4.78 is 20.6. The predicted octanol–water partition coefficient (Wildman–Crippen LogP) is 5.26. The van der Waals surface area contributed by atoms with Gasteiger partial charge in [-0.2, -0.15) is 0 Å². The second kappa shape index (κ2) is 10.8. The SMILES string of the molecule is CC(=O)N1CCC(c2ccc(OCC3COC(Cn4ccnc4)(c4ccc(Cl)cc4Cl)O3)cc2)CC1. The van der Waals surface area contributed by atoms with Crippen LogP contribution in [0, 0.1) is 0 Å². The standard InChI is InChI=1S/C27H29Cl2N3O4/c1-19(33)32-11-8-21(9-12-32)20-2-5-23(6-3-20)34-15-24-16-35-27(36-24,17-31-13-10-30-18-31)25-7-4-22(28)14-26(25)29/h2-7,10,13-14,18,21,24H,8-9,11-12,15-17H2,1H3. The molecule has 2 aromatic carbocycles. The smallest absolute Gasteiger partial charge is 0.219 e. The van der Waals surface area contributed by atoms with Crippen molar-refractivity contribution in [2.75, 3.05) is 26.3 Å². The van der Waals surface area contributed by atoms with E-state index in [2.05, 4.69) is 17.1 Å². The molecule has 2 aliphatic heterocycles. The summed E-state index contributed by atoms with van der Waals surface area (Å²) in [5.74, 6) is 0.326. The summed E-state index contributed by atoms with van der Waals surface area (Å²) in [6.07, 6.45) is 6.97. The van der Waals surface area contributed by atoms with Crippen LogP contribution < -0.4 is 4.74 Å². The van der Waals surface area contributed by atoms with Gasteiger partial charge in [-0.25, -0.2) is 4.98 Å². The fourth-order valence-corrected chi connectivity index (χ4v) is 5.48. The van der Waals surface area contributed by atoms with Crippen LogP contribution in [0.5, 0.6) is 5.75 Å². The number of hydrogen-bond donors (Lipinski definition) is 0. The van der Waals surface area contributed by atoms with E-state index in [0.29, 0.717) is 41.3 Å². The molecule has 0 N–H and O–H groups in total. The second-order valence-electron chi connectivity index (χ2n) is 9.32. The lowest BCUT2D eigenvalue weighted by Crippen LogP contribution is -2.36. The summed E-state index contributed by atoms with van der Waals surface area (Å²) in [6.45, 7) is 4.36. The van der Waals surface area contributed by atoms with Gasteiger partial charge in [0.05, 0.1) is 24.5 Å². The third-order valence-electron chi connectivity index (χ3n) is 6.88. The summed E-state index contributed by atoms with van der Waals surface area (Å²) >= 11 is 12.7. The number of aromatic nitrogens is 2. The van der Waals surface area contributed by atoms with Crippen molar-refractivity contribution in [3.8, 4) is 5.75 Å². The van der Waals surface area contributed by atoms with E-state index in [1.807, 2.05) is 33.9 Å². The molecule has 2 fully saturated rings.